The highest BCUT2D eigenvalue weighted by molar-refractivity contribution is 6.08. The number of methoxy groups -OCH3 is 1. The molecule has 0 radical (unpaired) electrons. The lowest BCUT2D eigenvalue weighted by molar-refractivity contribution is -0.136. The Kier molecular flexibility index (Phi) is 6.35. The number of aliphatic hydroxyl groups excluding tert-OH is 1. The lowest BCUT2D eigenvalue weighted by atomic mass is 10.1. The highest BCUT2D eigenvalue weighted by Gasteiger charge is 2.34. The molecule has 1 aromatic rings. The summed E-state index contributed by atoms with van der Waals surface area (Å²) in [5, 5.41) is 14.8. The zero-order valence-electron chi connectivity index (χ0n) is 15.1. The Balaban J connectivity index is 2.37. The smallest absolute Gasteiger partial charge is 0.337 e. The molecule has 3 N–H and O–H groups in total. The molecule has 8 nitrogen and oxygen atoms in total. The van der Waals surface area contributed by atoms with Crippen LogP contribution in [0.3, 0.4) is 0 Å². The van der Waals surface area contributed by atoms with E-state index in [1.54, 1.807) is 18.2 Å². The van der Waals surface area contributed by atoms with Crippen LogP contribution in [0.5, 0.6) is 0 Å². The Morgan fingerprint density at radius 2 is 2.08 bits per heavy atom. The van der Waals surface area contributed by atoms with E-state index in [1.165, 1.54) is 12.0 Å². The number of ether oxygens (including phenoxy) is 1. The Morgan fingerprint density at radius 1 is 1.35 bits per heavy atom. The van der Waals surface area contributed by atoms with Crippen LogP contribution >= 0.6 is 0 Å². The van der Waals surface area contributed by atoms with Crippen molar-refractivity contribution >= 4 is 23.5 Å². The number of esters is 1. The number of β-amino-alcohol motifs (C(OH)–C–C–N with tert-alkyl or cyclic N) is 1. The van der Waals surface area contributed by atoms with Gasteiger partial charge in [0.05, 0.1) is 25.8 Å². The molecule has 140 valence electrons. The normalized spacial score (nSPS) is 13.8. The van der Waals surface area contributed by atoms with Crippen LogP contribution in [0.1, 0.15) is 22.8 Å². The van der Waals surface area contributed by atoms with Crippen LogP contribution in [0.4, 0.5) is 5.69 Å². The number of anilines is 1. The summed E-state index contributed by atoms with van der Waals surface area (Å²) in [5.41, 5.74) is 2.08. The van der Waals surface area contributed by atoms with Gasteiger partial charge in [0.25, 0.3) is 11.8 Å². The number of amides is 2. The van der Waals surface area contributed by atoms with Crippen molar-refractivity contribution in [3.63, 3.8) is 0 Å². The SMILES string of the molecule is CCNC(=O)c1ccc(C)c(NC2=C(C(=O)OC)CN(CCO)C2=O)c1. The maximum atomic E-state index is 12.6. The van der Waals surface area contributed by atoms with E-state index in [1.807, 2.05) is 13.8 Å². The first kappa shape index (κ1) is 19.5. The highest BCUT2D eigenvalue weighted by atomic mass is 16.5. The number of rotatable bonds is 7. The lowest BCUT2D eigenvalue weighted by Gasteiger charge is -2.16. The molecule has 2 rings (SSSR count). The third kappa shape index (κ3) is 4.02. The molecule has 0 spiro atoms. The van der Waals surface area contributed by atoms with Gasteiger partial charge in [0.2, 0.25) is 0 Å². The molecule has 1 aromatic carbocycles. The maximum Gasteiger partial charge on any atom is 0.337 e. The van der Waals surface area contributed by atoms with Crippen LogP contribution < -0.4 is 10.6 Å². The fourth-order valence-corrected chi connectivity index (χ4v) is 2.64. The van der Waals surface area contributed by atoms with Crippen molar-refractivity contribution in [2.24, 2.45) is 0 Å². The summed E-state index contributed by atoms with van der Waals surface area (Å²) in [4.78, 5) is 38.0. The zero-order valence-corrected chi connectivity index (χ0v) is 15.1. The molecule has 0 aromatic heterocycles. The summed E-state index contributed by atoms with van der Waals surface area (Å²) in [6.45, 7) is 4.12. The summed E-state index contributed by atoms with van der Waals surface area (Å²) in [6, 6.07) is 5.08. The summed E-state index contributed by atoms with van der Waals surface area (Å²) in [7, 11) is 1.24. The van der Waals surface area contributed by atoms with E-state index < -0.39 is 11.9 Å². The molecule has 2 amide bonds. The summed E-state index contributed by atoms with van der Waals surface area (Å²) < 4.78 is 4.76. The molecule has 0 saturated carbocycles. The third-order valence-corrected chi connectivity index (χ3v) is 4.05. The van der Waals surface area contributed by atoms with Crippen molar-refractivity contribution in [3.05, 3.63) is 40.6 Å². The van der Waals surface area contributed by atoms with Crippen LogP contribution in [0.15, 0.2) is 29.5 Å². The molecule has 1 aliphatic rings. The number of carbonyl (C=O) groups is 3. The van der Waals surface area contributed by atoms with Gasteiger partial charge in [-0.25, -0.2) is 4.79 Å². The lowest BCUT2D eigenvalue weighted by Crippen LogP contribution is -2.31. The van der Waals surface area contributed by atoms with Crippen LogP contribution in [-0.4, -0.2) is 61.1 Å². The van der Waals surface area contributed by atoms with Crippen LogP contribution in [0.2, 0.25) is 0 Å². The molecule has 26 heavy (non-hydrogen) atoms. The first-order valence-electron chi connectivity index (χ1n) is 8.30. The minimum atomic E-state index is -0.612. The number of nitrogens with zero attached hydrogens (tertiary/aromatic N) is 1. The third-order valence-electron chi connectivity index (χ3n) is 4.05. The Morgan fingerprint density at radius 3 is 2.69 bits per heavy atom. The number of aryl methyl sites for hydroxylation is 1. The summed E-state index contributed by atoms with van der Waals surface area (Å²) in [5.74, 6) is -1.24. The second-order valence-electron chi connectivity index (χ2n) is 5.81. The van der Waals surface area contributed by atoms with Crippen LogP contribution in [0, 0.1) is 6.92 Å². The van der Waals surface area contributed by atoms with Crippen molar-refractivity contribution in [2.75, 3.05) is 38.7 Å². The van der Waals surface area contributed by atoms with E-state index in [0.717, 1.165) is 5.56 Å². The molecular formula is C18H23N3O5. The van der Waals surface area contributed by atoms with E-state index in [-0.39, 0.29) is 36.9 Å². The van der Waals surface area contributed by atoms with Gasteiger partial charge in [-0.1, -0.05) is 6.07 Å². The monoisotopic (exact) mass is 361 g/mol. The predicted molar refractivity (Wildman–Crippen MR) is 95.5 cm³/mol. The zero-order chi connectivity index (χ0) is 19.3. The second-order valence-corrected chi connectivity index (χ2v) is 5.81. The summed E-state index contributed by atoms with van der Waals surface area (Å²) >= 11 is 0. The van der Waals surface area contributed by atoms with E-state index in [9.17, 15) is 14.4 Å². The quantitative estimate of drug-likeness (QED) is 0.608. The summed E-state index contributed by atoms with van der Waals surface area (Å²) in [6.07, 6.45) is 0. The minimum Gasteiger partial charge on any atom is -0.466 e. The van der Waals surface area contributed by atoms with Gasteiger partial charge >= 0.3 is 5.97 Å². The number of nitrogens with one attached hydrogen (secondary N) is 2. The van der Waals surface area contributed by atoms with Crippen molar-refractivity contribution in [1.29, 1.82) is 0 Å². The molecule has 0 atom stereocenters. The van der Waals surface area contributed by atoms with E-state index >= 15 is 0 Å². The van der Waals surface area contributed by atoms with E-state index in [4.69, 9.17) is 9.84 Å². The van der Waals surface area contributed by atoms with Gasteiger partial charge in [-0.05, 0) is 31.5 Å². The van der Waals surface area contributed by atoms with E-state index in [2.05, 4.69) is 10.6 Å². The van der Waals surface area contributed by atoms with Gasteiger partial charge in [0, 0.05) is 24.3 Å². The number of hydrogen-bond donors (Lipinski definition) is 3. The van der Waals surface area contributed by atoms with Gasteiger partial charge in [0.1, 0.15) is 5.70 Å². The van der Waals surface area contributed by atoms with Crippen molar-refractivity contribution in [2.45, 2.75) is 13.8 Å². The number of aliphatic hydroxyl groups is 1. The minimum absolute atomic E-state index is 0.0590. The molecule has 0 aliphatic carbocycles. The molecule has 1 heterocycles. The topological polar surface area (TPSA) is 108 Å². The second kappa shape index (κ2) is 8.48. The average Bonchev–Trinajstić information content (AvgIpc) is 2.93. The fraction of sp³-hybridized carbons (Fsp3) is 0.389. The number of benzene rings is 1. The predicted octanol–water partition coefficient (Wildman–Crippen LogP) is 0.418. The van der Waals surface area contributed by atoms with Gasteiger partial charge in [-0.15, -0.1) is 0 Å². The Labute approximate surface area is 151 Å². The molecule has 0 saturated heterocycles. The van der Waals surface area contributed by atoms with Crippen molar-refractivity contribution in [1.82, 2.24) is 10.2 Å². The van der Waals surface area contributed by atoms with Gasteiger partial charge < -0.3 is 25.4 Å². The average molecular weight is 361 g/mol. The Hall–Kier alpha value is -2.87. The van der Waals surface area contributed by atoms with Gasteiger partial charge in [0.15, 0.2) is 0 Å². The molecule has 0 fully saturated rings. The molecule has 0 unspecified atom stereocenters. The van der Waals surface area contributed by atoms with Gasteiger partial charge in [-0.2, -0.15) is 0 Å². The molecule has 1 aliphatic heterocycles. The van der Waals surface area contributed by atoms with Crippen molar-refractivity contribution < 1.29 is 24.2 Å². The molecular weight excluding hydrogens is 338 g/mol. The highest BCUT2D eigenvalue weighted by Crippen LogP contribution is 2.25. The van der Waals surface area contributed by atoms with E-state index in [0.29, 0.717) is 17.8 Å². The van der Waals surface area contributed by atoms with Crippen LogP contribution in [0.25, 0.3) is 0 Å². The maximum absolute atomic E-state index is 12.6. The van der Waals surface area contributed by atoms with Crippen molar-refractivity contribution in [3.8, 4) is 0 Å². The Bertz CT molecular complexity index is 757. The number of carbonyl (C=O) groups excluding carboxylic acids is 3. The first-order chi connectivity index (χ1) is 12.4. The largest absolute Gasteiger partial charge is 0.466 e. The standard InChI is InChI=1S/C18H23N3O5/c1-4-19-16(23)12-6-5-11(2)14(9-12)20-15-13(18(25)26-3)10-21(7-8-22)17(15)24/h5-6,9,20,22H,4,7-8,10H2,1-3H3,(H,19,23). The molecule has 0 bridgehead atoms. The first-order valence-corrected chi connectivity index (χ1v) is 8.30. The fourth-order valence-electron chi connectivity index (χ4n) is 2.64. The van der Waals surface area contributed by atoms with Gasteiger partial charge in [-0.3, -0.25) is 9.59 Å². The molecule has 8 heteroatoms. The number of hydrogen-bond acceptors (Lipinski definition) is 6. The van der Waals surface area contributed by atoms with Crippen LogP contribution in [-0.2, 0) is 14.3 Å².